The van der Waals surface area contributed by atoms with E-state index in [1.807, 2.05) is 74.4 Å². The quantitative estimate of drug-likeness (QED) is 0.292. The Balaban J connectivity index is 1.83. The van der Waals surface area contributed by atoms with Gasteiger partial charge in [-0.25, -0.2) is 0 Å². The molecular formula is C38H70N2O10. The van der Waals surface area contributed by atoms with Gasteiger partial charge in [0.15, 0.2) is 12.6 Å². The van der Waals surface area contributed by atoms with Crippen molar-refractivity contribution in [2.24, 2.45) is 23.7 Å². The van der Waals surface area contributed by atoms with Gasteiger partial charge in [-0.15, -0.1) is 0 Å². The van der Waals surface area contributed by atoms with Crippen molar-refractivity contribution in [1.29, 1.82) is 0 Å². The van der Waals surface area contributed by atoms with Crippen molar-refractivity contribution in [1.82, 2.24) is 10.2 Å². The summed E-state index contributed by atoms with van der Waals surface area (Å²) in [4.78, 5) is 16.3. The molecule has 4 saturated heterocycles. The van der Waals surface area contributed by atoms with Crippen LogP contribution in [0.2, 0.25) is 0 Å². The second-order valence-corrected chi connectivity index (χ2v) is 17.3. The summed E-state index contributed by atoms with van der Waals surface area (Å²) in [5, 5.41) is 38.5. The Bertz CT molecular complexity index is 1130. The van der Waals surface area contributed by atoms with Crippen LogP contribution in [-0.2, 0) is 33.2 Å². The first kappa shape index (κ1) is 41.8. The molecule has 8 unspecified atom stereocenters. The first-order valence-corrected chi connectivity index (χ1v) is 19.1. The molecule has 12 heteroatoms. The van der Waals surface area contributed by atoms with Gasteiger partial charge in [-0.1, -0.05) is 41.0 Å². The standard InChI is InChI=1S/C38H70N2O10/c1-14-15-27-38(10,44)32(42)23(5)30-20(2)17-37(9,50-30)33(49-35-29(41)26(40(11)12)16-21(3)47-35)24(6)31(25(7)34(43)39-27)48-28-19-36(8,45-13)18-22(4)46-28/h20-33,35,41-42,44H,14-19H2,1-13H3,(H,39,43)/t20-,21?,22?,23+,24+,25-,26?,27-,28?,29?,30-,31+,32-,33-,35?,36?,37?,38-/m1/s1. The monoisotopic (exact) mass is 715 g/mol. The molecule has 12 nitrogen and oxygen atoms in total. The van der Waals surface area contributed by atoms with Gasteiger partial charge in [-0.2, -0.15) is 0 Å². The molecule has 292 valence electrons. The van der Waals surface area contributed by atoms with Crippen molar-refractivity contribution in [2.75, 3.05) is 21.2 Å². The van der Waals surface area contributed by atoms with Crippen molar-refractivity contribution in [2.45, 2.75) is 192 Å². The maximum absolute atomic E-state index is 14.3. The molecule has 4 aliphatic heterocycles. The highest BCUT2D eigenvalue weighted by Crippen LogP contribution is 2.47. The predicted octanol–water partition coefficient (Wildman–Crippen LogP) is 3.62. The molecule has 0 spiro atoms. The van der Waals surface area contributed by atoms with Crippen LogP contribution < -0.4 is 5.32 Å². The smallest absolute Gasteiger partial charge is 0.225 e. The van der Waals surface area contributed by atoms with E-state index in [0.717, 1.165) is 0 Å². The summed E-state index contributed by atoms with van der Waals surface area (Å²) in [5.41, 5.74) is -3.05. The molecule has 4 heterocycles. The summed E-state index contributed by atoms with van der Waals surface area (Å²) in [6.45, 7) is 19.4. The Labute approximate surface area is 301 Å². The first-order chi connectivity index (χ1) is 23.2. The number of nitrogens with one attached hydrogen (secondary N) is 1. The van der Waals surface area contributed by atoms with Crippen LogP contribution in [0.4, 0.5) is 0 Å². The molecule has 0 aliphatic carbocycles. The van der Waals surface area contributed by atoms with Crippen LogP contribution in [0, 0.1) is 23.7 Å². The number of hydrogen-bond acceptors (Lipinski definition) is 11. The molecule has 0 saturated carbocycles. The highest BCUT2D eigenvalue weighted by atomic mass is 16.7. The SMILES string of the molecule is CCC[C@H]1NC(=O)[C@H](C)[C@@H](OC2CC(C)(OC)CC(C)O2)[C@H](C)[C@@H](OC2OC(C)CC(N(C)C)C2O)C2(C)C[C@@H](C)[C@@H](O2)[C@H](C)[C@@H](O)[C@]1(C)O. The number of likely N-dealkylation sites (N-methyl/N-ethyl adjacent to an activating group) is 1. The van der Waals surface area contributed by atoms with Crippen molar-refractivity contribution in [3.63, 3.8) is 0 Å². The number of hydrogen-bond donors (Lipinski definition) is 4. The highest BCUT2D eigenvalue weighted by Gasteiger charge is 2.57. The highest BCUT2D eigenvalue weighted by molar-refractivity contribution is 5.79. The molecule has 50 heavy (non-hydrogen) atoms. The summed E-state index contributed by atoms with van der Waals surface area (Å²) < 4.78 is 39.4. The topological polar surface area (TPSA) is 148 Å². The van der Waals surface area contributed by atoms with E-state index < -0.39 is 83.7 Å². The Morgan fingerprint density at radius 2 is 1.60 bits per heavy atom. The number of nitrogens with zero attached hydrogens (tertiary/aromatic N) is 1. The minimum Gasteiger partial charge on any atom is -0.390 e. The third-order valence-corrected chi connectivity index (χ3v) is 12.5. The summed E-state index contributed by atoms with van der Waals surface area (Å²) in [6, 6.07) is -0.906. The van der Waals surface area contributed by atoms with Crippen molar-refractivity contribution >= 4 is 5.91 Å². The lowest BCUT2D eigenvalue weighted by Gasteiger charge is -2.48. The molecule has 0 radical (unpaired) electrons. The van der Waals surface area contributed by atoms with E-state index in [1.165, 1.54) is 0 Å². The third kappa shape index (κ3) is 8.71. The Kier molecular flexibility index (Phi) is 13.6. The van der Waals surface area contributed by atoms with Gasteiger partial charge in [0.1, 0.15) is 11.7 Å². The third-order valence-electron chi connectivity index (χ3n) is 12.5. The summed E-state index contributed by atoms with van der Waals surface area (Å²) in [7, 11) is 5.57. The fourth-order valence-electron chi connectivity index (χ4n) is 9.52. The summed E-state index contributed by atoms with van der Waals surface area (Å²) >= 11 is 0. The van der Waals surface area contributed by atoms with Gasteiger partial charge in [0.05, 0.1) is 59.8 Å². The van der Waals surface area contributed by atoms with Gasteiger partial charge in [0.25, 0.3) is 0 Å². The molecule has 0 aromatic heterocycles. The van der Waals surface area contributed by atoms with Gasteiger partial charge < -0.3 is 54.0 Å². The lowest BCUT2D eigenvalue weighted by atomic mass is 9.75. The molecule has 4 aliphatic rings. The number of ether oxygens (including phenoxy) is 6. The minimum atomic E-state index is -1.64. The van der Waals surface area contributed by atoms with Gasteiger partial charge in [-0.3, -0.25) is 4.79 Å². The summed E-state index contributed by atoms with van der Waals surface area (Å²) in [5.74, 6) is -2.00. The molecule has 4 fully saturated rings. The maximum atomic E-state index is 14.3. The molecule has 4 rings (SSSR count). The van der Waals surface area contributed by atoms with Crippen LogP contribution in [-0.4, -0.2) is 132 Å². The zero-order chi connectivity index (χ0) is 37.5. The molecule has 1 amide bonds. The molecule has 0 aromatic carbocycles. The lowest BCUT2D eigenvalue weighted by Crippen LogP contribution is -2.61. The van der Waals surface area contributed by atoms with Crippen LogP contribution in [0.1, 0.15) is 108 Å². The minimum absolute atomic E-state index is 0.00622. The average Bonchev–Trinajstić information content (AvgIpc) is 3.35. The predicted molar refractivity (Wildman–Crippen MR) is 189 cm³/mol. The van der Waals surface area contributed by atoms with E-state index in [-0.39, 0.29) is 30.1 Å². The van der Waals surface area contributed by atoms with Gasteiger partial charge in [0, 0.05) is 37.8 Å². The average molecular weight is 715 g/mol. The zero-order valence-corrected chi connectivity index (χ0v) is 33.0. The Hall–Kier alpha value is -0.930. The first-order valence-electron chi connectivity index (χ1n) is 19.1. The number of aliphatic hydroxyl groups is 3. The summed E-state index contributed by atoms with van der Waals surface area (Å²) in [6.07, 6.45) is -2.40. The van der Waals surface area contributed by atoms with E-state index in [0.29, 0.717) is 38.5 Å². The van der Waals surface area contributed by atoms with Crippen molar-refractivity contribution < 1.29 is 48.5 Å². The number of amides is 1. The van der Waals surface area contributed by atoms with Gasteiger partial charge >= 0.3 is 0 Å². The van der Waals surface area contributed by atoms with E-state index in [9.17, 15) is 20.1 Å². The van der Waals surface area contributed by atoms with Crippen LogP contribution in [0.5, 0.6) is 0 Å². The fourth-order valence-corrected chi connectivity index (χ4v) is 9.52. The largest absolute Gasteiger partial charge is 0.390 e. The number of rotatable bonds is 8. The van der Waals surface area contributed by atoms with E-state index in [4.69, 9.17) is 28.4 Å². The zero-order valence-electron chi connectivity index (χ0n) is 33.0. The molecule has 4 N–H and O–H groups in total. The van der Waals surface area contributed by atoms with Crippen molar-refractivity contribution in [3.8, 4) is 0 Å². The molecule has 0 aromatic rings. The fraction of sp³-hybridized carbons (Fsp3) is 0.974. The van der Waals surface area contributed by atoms with Crippen LogP contribution in [0.15, 0.2) is 0 Å². The normalized spacial score (nSPS) is 51.1. The lowest BCUT2D eigenvalue weighted by molar-refractivity contribution is -0.311. The number of methoxy groups -OCH3 is 1. The number of carbonyl (C=O) groups excluding carboxylic acids is 1. The number of carbonyl (C=O) groups is 1. The van der Waals surface area contributed by atoms with E-state index in [1.54, 1.807) is 14.0 Å². The van der Waals surface area contributed by atoms with Crippen LogP contribution in [0.25, 0.3) is 0 Å². The van der Waals surface area contributed by atoms with Gasteiger partial charge in [-0.05, 0) is 73.9 Å². The molecule has 18 atom stereocenters. The molecule has 2 bridgehead atoms. The maximum Gasteiger partial charge on any atom is 0.225 e. The van der Waals surface area contributed by atoms with Crippen LogP contribution >= 0.6 is 0 Å². The van der Waals surface area contributed by atoms with E-state index >= 15 is 0 Å². The second-order valence-electron chi connectivity index (χ2n) is 17.3. The second kappa shape index (κ2) is 16.2. The van der Waals surface area contributed by atoms with Gasteiger partial charge in [0.2, 0.25) is 5.91 Å². The Morgan fingerprint density at radius 3 is 2.20 bits per heavy atom. The molecular weight excluding hydrogens is 644 g/mol. The van der Waals surface area contributed by atoms with E-state index in [2.05, 4.69) is 12.2 Å². The van der Waals surface area contributed by atoms with Crippen molar-refractivity contribution in [3.05, 3.63) is 0 Å². The number of fused-ring (bicyclic) bond motifs is 2. The number of aliphatic hydroxyl groups excluding tert-OH is 2. The van der Waals surface area contributed by atoms with Crippen LogP contribution in [0.3, 0.4) is 0 Å². The Morgan fingerprint density at radius 1 is 0.940 bits per heavy atom.